The Morgan fingerprint density at radius 1 is 1.12 bits per heavy atom. The van der Waals surface area contributed by atoms with Crippen molar-refractivity contribution in [2.75, 3.05) is 13.2 Å². The predicted molar refractivity (Wildman–Crippen MR) is 53.0 cm³/mol. The molecule has 0 aliphatic heterocycles. The van der Waals surface area contributed by atoms with Gasteiger partial charge in [0.15, 0.2) is 5.82 Å². The number of nitrogens with zero attached hydrogens (tertiary/aromatic N) is 2. The van der Waals surface area contributed by atoms with Crippen molar-refractivity contribution in [2.45, 2.75) is 26.3 Å². The van der Waals surface area contributed by atoms with E-state index in [2.05, 4.69) is 9.97 Å². The zero-order valence-electron chi connectivity index (χ0n) is 9.49. The summed E-state index contributed by atoms with van der Waals surface area (Å²) in [4.78, 5) is 7.20. The van der Waals surface area contributed by atoms with Gasteiger partial charge in [0.2, 0.25) is 6.29 Å². The molecule has 0 bridgehead atoms. The van der Waals surface area contributed by atoms with Crippen LogP contribution in [0.15, 0.2) is 12.4 Å². The summed E-state index contributed by atoms with van der Waals surface area (Å²) in [5, 5.41) is 0. The topological polar surface area (TPSA) is 44.2 Å². The Bertz CT molecular complexity index is 334. The van der Waals surface area contributed by atoms with Crippen LogP contribution in [0.2, 0.25) is 0 Å². The van der Waals surface area contributed by atoms with Crippen LogP contribution in [-0.2, 0) is 15.7 Å². The van der Waals surface area contributed by atoms with E-state index >= 15 is 0 Å². The Kier molecular flexibility index (Phi) is 4.83. The Morgan fingerprint density at radius 2 is 1.59 bits per heavy atom. The standard InChI is InChI=1S/C10H13F3N2O2/c1-3-16-9(17-4-2)8-14-5-7(6-15-8)10(11,12)13/h5-6,9H,3-4H2,1-2H3. The van der Waals surface area contributed by atoms with E-state index in [1.165, 1.54) is 0 Å². The van der Waals surface area contributed by atoms with E-state index in [0.29, 0.717) is 25.6 Å². The maximum atomic E-state index is 12.3. The summed E-state index contributed by atoms with van der Waals surface area (Å²) >= 11 is 0. The summed E-state index contributed by atoms with van der Waals surface area (Å²) in [7, 11) is 0. The van der Waals surface area contributed by atoms with Crippen molar-refractivity contribution in [3.63, 3.8) is 0 Å². The zero-order chi connectivity index (χ0) is 12.9. The van der Waals surface area contributed by atoms with Gasteiger partial charge in [-0.15, -0.1) is 0 Å². The molecule has 0 saturated carbocycles. The first kappa shape index (κ1) is 13.9. The SMILES string of the molecule is CCOC(OCC)c1ncc(C(F)(F)F)cn1. The fourth-order valence-electron chi connectivity index (χ4n) is 1.11. The molecule has 1 heterocycles. The van der Waals surface area contributed by atoms with Crippen molar-refractivity contribution in [3.05, 3.63) is 23.8 Å². The van der Waals surface area contributed by atoms with E-state index in [1.807, 2.05) is 0 Å². The van der Waals surface area contributed by atoms with Crippen LogP contribution in [0.3, 0.4) is 0 Å². The van der Waals surface area contributed by atoms with Crippen LogP contribution in [0.4, 0.5) is 13.2 Å². The summed E-state index contributed by atoms with van der Waals surface area (Å²) in [5.74, 6) is 0.0849. The van der Waals surface area contributed by atoms with E-state index in [9.17, 15) is 13.2 Å². The van der Waals surface area contributed by atoms with Gasteiger partial charge in [0, 0.05) is 25.6 Å². The molecule has 0 fully saturated rings. The molecule has 0 amide bonds. The third-order valence-electron chi connectivity index (χ3n) is 1.85. The second-order valence-electron chi connectivity index (χ2n) is 3.07. The Balaban J connectivity index is 2.84. The van der Waals surface area contributed by atoms with Crippen LogP contribution in [0.25, 0.3) is 0 Å². The molecule has 7 heteroatoms. The molecule has 0 atom stereocenters. The summed E-state index contributed by atoms with van der Waals surface area (Å²) in [6, 6.07) is 0. The average Bonchev–Trinajstić information content (AvgIpc) is 2.28. The van der Waals surface area contributed by atoms with Crippen molar-refractivity contribution >= 4 is 0 Å². The second kappa shape index (κ2) is 5.92. The maximum absolute atomic E-state index is 12.3. The number of hydrogen-bond donors (Lipinski definition) is 0. The van der Waals surface area contributed by atoms with Crippen LogP contribution < -0.4 is 0 Å². The molecule has 0 radical (unpaired) electrons. The molecule has 1 aromatic heterocycles. The molecule has 0 spiro atoms. The van der Waals surface area contributed by atoms with Crippen LogP contribution in [-0.4, -0.2) is 23.2 Å². The summed E-state index contributed by atoms with van der Waals surface area (Å²) in [6.45, 7) is 4.20. The van der Waals surface area contributed by atoms with Gasteiger partial charge in [-0.2, -0.15) is 13.2 Å². The monoisotopic (exact) mass is 250 g/mol. The highest BCUT2D eigenvalue weighted by molar-refractivity contribution is 5.09. The van der Waals surface area contributed by atoms with E-state index in [1.54, 1.807) is 13.8 Å². The highest BCUT2D eigenvalue weighted by Gasteiger charge is 2.31. The van der Waals surface area contributed by atoms with Gasteiger partial charge in [-0.25, -0.2) is 9.97 Å². The number of halogens is 3. The van der Waals surface area contributed by atoms with Crippen molar-refractivity contribution in [2.24, 2.45) is 0 Å². The third-order valence-corrected chi connectivity index (χ3v) is 1.85. The highest BCUT2D eigenvalue weighted by Crippen LogP contribution is 2.28. The van der Waals surface area contributed by atoms with Crippen LogP contribution in [0.5, 0.6) is 0 Å². The number of aromatic nitrogens is 2. The van der Waals surface area contributed by atoms with Gasteiger partial charge < -0.3 is 9.47 Å². The third kappa shape index (κ3) is 3.94. The molecule has 1 aromatic rings. The lowest BCUT2D eigenvalue weighted by Crippen LogP contribution is -2.14. The van der Waals surface area contributed by atoms with Crippen molar-refractivity contribution in [1.82, 2.24) is 9.97 Å². The summed E-state index contributed by atoms with van der Waals surface area (Å²) in [5.41, 5.74) is -0.895. The Labute approximate surface area is 96.8 Å². The lowest BCUT2D eigenvalue weighted by atomic mass is 10.3. The van der Waals surface area contributed by atoms with Crippen molar-refractivity contribution in [1.29, 1.82) is 0 Å². The van der Waals surface area contributed by atoms with Gasteiger partial charge in [0.1, 0.15) is 0 Å². The van der Waals surface area contributed by atoms with Gasteiger partial charge in [-0.3, -0.25) is 0 Å². The molecule has 0 aliphatic carbocycles. The maximum Gasteiger partial charge on any atom is 0.419 e. The highest BCUT2D eigenvalue weighted by atomic mass is 19.4. The zero-order valence-corrected chi connectivity index (χ0v) is 9.49. The minimum Gasteiger partial charge on any atom is -0.346 e. The molecule has 0 aliphatic rings. The number of hydrogen-bond acceptors (Lipinski definition) is 4. The van der Waals surface area contributed by atoms with E-state index in [4.69, 9.17) is 9.47 Å². The quantitative estimate of drug-likeness (QED) is 0.753. The van der Waals surface area contributed by atoms with Gasteiger partial charge in [0.05, 0.1) is 5.56 Å². The first-order chi connectivity index (χ1) is 7.99. The van der Waals surface area contributed by atoms with E-state index in [0.717, 1.165) is 0 Å². The van der Waals surface area contributed by atoms with Gasteiger partial charge >= 0.3 is 6.18 Å². The molecule has 17 heavy (non-hydrogen) atoms. The van der Waals surface area contributed by atoms with E-state index in [-0.39, 0.29) is 5.82 Å². The van der Waals surface area contributed by atoms with E-state index < -0.39 is 18.0 Å². The Hall–Kier alpha value is -1.21. The van der Waals surface area contributed by atoms with Crippen LogP contribution in [0.1, 0.15) is 31.5 Å². The fourth-order valence-corrected chi connectivity index (χ4v) is 1.11. The number of alkyl halides is 3. The summed E-state index contributed by atoms with van der Waals surface area (Å²) in [6.07, 6.45) is -3.83. The second-order valence-corrected chi connectivity index (χ2v) is 3.07. The molecule has 0 aromatic carbocycles. The minimum atomic E-state index is -4.44. The van der Waals surface area contributed by atoms with Crippen molar-refractivity contribution < 1.29 is 22.6 Å². The average molecular weight is 250 g/mol. The molecule has 96 valence electrons. The van der Waals surface area contributed by atoms with Gasteiger partial charge in [-0.1, -0.05) is 0 Å². The van der Waals surface area contributed by atoms with Crippen LogP contribution >= 0.6 is 0 Å². The minimum absolute atomic E-state index is 0.0849. The van der Waals surface area contributed by atoms with Crippen LogP contribution in [0, 0.1) is 0 Å². The number of ether oxygens (including phenoxy) is 2. The van der Waals surface area contributed by atoms with Crippen molar-refractivity contribution in [3.8, 4) is 0 Å². The lowest BCUT2D eigenvalue weighted by molar-refractivity contribution is -0.147. The van der Waals surface area contributed by atoms with Gasteiger partial charge in [0.25, 0.3) is 0 Å². The van der Waals surface area contributed by atoms with Gasteiger partial charge in [-0.05, 0) is 13.8 Å². The fraction of sp³-hybridized carbons (Fsp3) is 0.600. The molecule has 0 unspecified atom stereocenters. The molecule has 0 saturated heterocycles. The molecule has 4 nitrogen and oxygen atoms in total. The number of rotatable bonds is 5. The predicted octanol–water partition coefficient (Wildman–Crippen LogP) is 2.57. The lowest BCUT2D eigenvalue weighted by Gasteiger charge is -2.15. The molecular weight excluding hydrogens is 237 g/mol. The molecular formula is C10H13F3N2O2. The first-order valence-electron chi connectivity index (χ1n) is 5.11. The first-order valence-corrected chi connectivity index (χ1v) is 5.11. The molecule has 0 N–H and O–H groups in total. The smallest absolute Gasteiger partial charge is 0.346 e. The largest absolute Gasteiger partial charge is 0.419 e. The molecule has 1 rings (SSSR count). The summed E-state index contributed by atoms with van der Waals surface area (Å²) < 4.78 is 47.2. The normalized spacial score (nSPS) is 12.1. The Morgan fingerprint density at radius 3 is 1.94 bits per heavy atom.